The number of benzene rings is 1. The first-order valence-electron chi connectivity index (χ1n) is 6.05. The topological polar surface area (TPSA) is 38.0 Å². The molecule has 1 atom stereocenters. The lowest BCUT2D eigenvalue weighted by Gasteiger charge is -2.23. The van der Waals surface area contributed by atoms with E-state index in [0.717, 1.165) is 23.4 Å². The fourth-order valence-electron chi connectivity index (χ4n) is 1.81. The lowest BCUT2D eigenvalue weighted by molar-refractivity contribution is 0.333. The maximum Gasteiger partial charge on any atom is 0.0460 e. The van der Waals surface area contributed by atoms with Gasteiger partial charge < -0.3 is 0 Å². The van der Waals surface area contributed by atoms with Crippen LogP contribution in [0.5, 0.6) is 0 Å². The number of hydrazine groups is 1. The lowest BCUT2D eigenvalue weighted by Crippen LogP contribution is -2.29. The van der Waals surface area contributed by atoms with E-state index in [1.807, 2.05) is 19.1 Å². The summed E-state index contributed by atoms with van der Waals surface area (Å²) in [5.74, 6) is 5.64. The highest BCUT2D eigenvalue weighted by Gasteiger charge is 2.16. The van der Waals surface area contributed by atoms with Gasteiger partial charge in [0.2, 0.25) is 0 Å². The molecule has 0 fully saturated rings. The Labute approximate surface area is 110 Å². The molecule has 0 amide bonds. The van der Waals surface area contributed by atoms with Gasteiger partial charge in [-0.2, -0.15) is 0 Å². The molecule has 0 aliphatic carbocycles. The van der Waals surface area contributed by atoms with Crippen LogP contribution in [0.25, 0.3) is 0 Å². The van der Waals surface area contributed by atoms with E-state index in [-0.39, 0.29) is 6.04 Å². The van der Waals surface area contributed by atoms with Crippen molar-refractivity contribution in [3.05, 3.63) is 34.3 Å². The van der Waals surface area contributed by atoms with Crippen LogP contribution < -0.4 is 11.3 Å². The van der Waals surface area contributed by atoms with Crippen molar-refractivity contribution < 1.29 is 0 Å². The molecule has 3 N–H and O–H groups in total. The van der Waals surface area contributed by atoms with E-state index in [1.165, 1.54) is 5.56 Å². The van der Waals surface area contributed by atoms with Gasteiger partial charge in [0.05, 0.1) is 0 Å². The first kappa shape index (κ1) is 14.5. The van der Waals surface area contributed by atoms with Crippen LogP contribution in [0.2, 0.25) is 5.02 Å². The summed E-state index contributed by atoms with van der Waals surface area (Å²) in [7, 11) is 0. The molecule has 1 rings (SSSR count). The summed E-state index contributed by atoms with van der Waals surface area (Å²) < 4.78 is 0. The average Bonchev–Trinajstić information content (AvgIpc) is 2.22. The zero-order valence-corrected chi connectivity index (χ0v) is 11.9. The second-order valence-electron chi connectivity index (χ2n) is 5.83. The van der Waals surface area contributed by atoms with Crippen molar-refractivity contribution in [2.24, 2.45) is 11.3 Å². The summed E-state index contributed by atoms with van der Waals surface area (Å²) in [4.78, 5) is 0. The maximum atomic E-state index is 6.03. The quantitative estimate of drug-likeness (QED) is 0.630. The van der Waals surface area contributed by atoms with Crippen molar-refractivity contribution in [1.29, 1.82) is 0 Å². The van der Waals surface area contributed by atoms with Crippen molar-refractivity contribution in [3.8, 4) is 0 Å². The Bertz CT molecular complexity index is 369. The number of halogens is 1. The fourth-order valence-corrected chi connectivity index (χ4v) is 1.93. The third-order valence-electron chi connectivity index (χ3n) is 2.97. The van der Waals surface area contributed by atoms with Crippen LogP contribution in [0.1, 0.15) is 50.8 Å². The predicted molar refractivity (Wildman–Crippen MR) is 74.9 cm³/mol. The molecule has 0 spiro atoms. The van der Waals surface area contributed by atoms with E-state index in [2.05, 4.69) is 32.3 Å². The Hall–Kier alpha value is -0.570. The zero-order chi connectivity index (χ0) is 13.1. The minimum absolute atomic E-state index is 0.199. The molecule has 0 saturated heterocycles. The Morgan fingerprint density at radius 2 is 2.00 bits per heavy atom. The van der Waals surface area contributed by atoms with Gasteiger partial charge >= 0.3 is 0 Å². The summed E-state index contributed by atoms with van der Waals surface area (Å²) in [5.41, 5.74) is 5.53. The molecule has 96 valence electrons. The zero-order valence-electron chi connectivity index (χ0n) is 11.2. The summed E-state index contributed by atoms with van der Waals surface area (Å²) in [6.07, 6.45) is 2.16. The minimum atomic E-state index is 0.199. The third-order valence-corrected chi connectivity index (χ3v) is 3.39. The SMILES string of the molecule is Cc1cc(C(CCC(C)(C)C)NN)ccc1Cl. The number of hydrogen-bond acceptors (Lipinski definition) is 2. The maximum absolute atomic E-state index is 6.03. The second-order valence-corrected chi connectivity index (χ2v) is 6.23. The molecule has 3 heteroatoms. The Balaban J connectivity index is 2.76. The van der Waals surface area contributed by atoms with Crippen LogP contribution in [0.4, 0.5) is 0 Å². The van der Waals surface area contributed by atoms with Gasteiger partial charge in [-0.1, -0.05) is 44.5 Å². The number of rotatable bonds is 4. The summed E-state index contributed by atoms with van der Waals surface area (Å²) in [6.45, 7) is 8.75. The molecule has 0 aliphatic rings. The number of nitrogens with two attached hydrogens (primary N) is 1. The molecule has 0 saturated carbocycles. The Kier molecular flexibility index (Phi) is 4.99. The average molecular weight is 255 g/mol. The monoisotopic (exact) mass is 254 g/mol. The summed E-state index contributed by atoms with van der Waals surface area (Å²) in [6, 6.07) is 6.29. The van der Waals surface area contributed by atoms with E-state index in [4.69, 9.17) is 17.4 Å². The molecule has 0 radical (unpaired) electrons. The van der Waals surface area contributed by atoms with Gasteiger partial charge in [-0.15, -0.1) is 0 Å². The van der Waals surface area contributed by atoms with Crippen LogP contribution in [0, 0.1) is 12.3 Å². The lowest BCUT2D eigenvalue weighted by atomic mass is 9.87. The van der Waals surface area contributed by atoms with Crippen LogP contribution in [-0.2, 0) is 0 Å². The fraction of sp³-hybridized carbons (Fsp3) is 0.571. The van der Waals surface area contributed by atoms with E-state index in [0.29, 0.717) is 5.41 Å². The van der Waals surface area contributed by atoms with Crippen molar-refractivity contribution in [3.63, 3.8) is 0 Å². The highest BCUT2D eigenvalue weighted by molar-refractivity contribution is 6.31. The van der Waals surface area contributed by atoms with Gasteiger partial charge in [0.15, 0.2) is 0 Å². The standard InChI is InChI=1S/C14H23ClN2/c1-10-9-11(5-6-12(10)15)13(17-16)7-8-14(2,3)4/h5-6,9,13,17H,7-8,16H2,1-4H3. The molecular weight excluding hydrogens is 232 g/mol. The minimum Gasteiger partial charge on any atom is -0.271 e. The van der Waals surface area contributed by atoms with Crippen LogP contribution in [-0.4, -0.2) is 0 Å². The highest BCUT2D eigenvalue weighted by atomic mass is 35.5. The molecule has 17 heavy (non-hydrogen) atoms. The first-order valence-corrected chi connectivity index (χ1v) is 6.43. The molecule has 0 heterocycles. The largest absolute Gasteiger partial charge is 0.271 e. The van der Waals surface area contributed by atoms with E-state index in [1.54, 1.807) is 0 Å². The van der Waals surface area contributed by atoms with E-state index >= 15 is 0 Å². The van der Waals surface area contributed by atoms with E-state index in [9.17, 15) is 0 Å². The summed E-state index contributed by atoms with van der Waals surface area (Å²) in [5, 5.41) is 0.806. The molecule has 1 aromatic carbocycles. The molecule has 1 unspecified atom stereocenters. The number of nitrogens with one attached hydrogen (secondary N) is 1. The Morgan fingerprint density at radius 3 is 2.47 bits per heavy atom. The van der Waals surface area contributed by atoms with Gasteiger partial charge in [-0.05, 0) is 42.4 Å². The predicted octanol–water partition coefficient (Wildman–Crippen LogP) is 3.98. The third kappa shape index (κ3) is 4.66. The Morgan fingerprint density at radius 1 is 1.35 bits per heavy atom. The van der Waals surface area contributed by atoms with Gasteiger partial charge in [0.1, 0.15) is 0 Å². The smallest absolute Gasteiger partial charge is 0.0460 e. The number of aryl methyl sites for hydroxylation is 1. The van der Waals surface area contributed by atoms with Gasteiger partial charge in [-0.3, -0.25) is 11.3 Å². The van der Waals surface area contributed by atoms with Crippen molar-refractivity contribution in [1.82, 2.24) is 5.43 Å². The van der Waals surface area contributed by atoms with Crippen LogP contribution in [0.3, 0.4) is 0 Å². The van der Waals surface area contributed by atoms with Gasteiger partial charge in [-0.25, -0.2) is 0 Å². The molecule has 1 aromatic rings. The summed E-state index contributed by atoms with van der Waals surface area (Å²) >= 11 is 6.03. The molecular formula is C14H23ClN2. The van der Waals surface area contributed by atoms with Gasteiger partial charge in [0, 0.05) is 11.1 Å². The van der Waals surface area contributed by atoms with Gasteiger partial charge in [0.25, 0.3) is 0 Å². The van der Waals surface area contributed by atoms with Crippen LogP contribution in [0.15, 0.2) is 18.2 Å². The molecule has 0 aromatic heterocycles. The van der Waals surface area contributed by atoms with E-state index < -0.39 is 0 Å². The second kappa shape index (κ2) is 5.85. The molecule has 2 nitrogen and oxygen atoms in total. The first-order chi connectivity index (χ1) is 7.83. The van der Waals surface area contributed by atoms with Crippen LogP contribution >= 0.6 is 11.6 Å². The van der Waals surface area contributed by atoms with Crippen molar-refractivity contribution >= 4 is 11.6 Å². The van der Waals surface area contributed by atoms with Crippen molar-refractivity contribution in [2.45, 2.75) is 46.6 Å². The number of hydrogen-bond donors (Lipinski definition) is 2. The molecule has 0 bridgehead atoms. The normalized spacial score (nSPS) is 13.8. The van der Waals surface area contributed by atoms with Crippen molar-refractivity contribution in [2.75, 3.05) is 0 Å². The highest BCUT2D eigenvalue weighted by Crippen LogP contribution is 2.28. The molecule has 0 aliphatic heterocycles.